The number of hydrogen-bond acceptors (Lipinski definition) is 2. The van der Waals surface area contributed by atoms with Crippen molar-refractivity contribution in [2.75, 3.05) is 0 Å². The maximum atomic E-state index is 10.1. The van der Waals surface area contributed by atoms with Crippen LogP contribution >= 0.6 is 0 Å². The third kappa shape index (κ3) is 2.92. The molecule has 1 aromatic heterocycles. The Bertz CT molecular complexity index is 504. The highest BCUT2D eigenvalue weighted by Gasteiger charge is 2.17. The van der Waals surface area contributed by atoms with Crippen LogP contribution in [0.2, 0.25) is 0 Å². The minimum absolute atomic E-state index is 0.303. The lowest BCUT2D eigenvalue weighted by Crippen LogP contribution is -2.26. The molecule has 0 aliphatic heterocycles. The summed E-state index contributed by atoms with van der Waals surface area (Å²) in [5.74, 6) is 0.596. The highest BCUT2D eigenvalue weighted by Crippen LogP contribution is 2.23. The molecule has 3 nitrogen and oxygen atoms in total. The predicted molar refractivity (Wildman–Crippen MR) is 75.3 cm³/mol. The molecule has 0 aliphatic rings. The maximum Gasteiger partial charge on any atom is 0.0732 e. The zero-order valence-corrected chi connectivity index (χ0v) is 11.1. The molecule has 0 spiro atoms. The average Bonchev–Trinajstić information content (AvgIpc) is 2.81. The van der Waals surface area contributed by atoms with Gasteiger partial charge in [0.1, 0.15) is 0 Å². The van der Waals surface area contributed by atoms with Crippen molar-refractivity contribution >= 4 is 10.9 Å². The van der Waals surface area contributed by atoms with Crippen LogP contribution in [0.15, 0.2) is 30.5 Å². The normalized spacial score (nSPS) is 15.2. The Morgan fingerprint density at radius 2 is 2.00 bits per heavy atom. The van der Waals surface area contributed by atoms with Gasteiger partial charge >= 0.3 is 0 Å². The summed E-state index contributed by atoms with van der Waals surface area (Å²) >= 11 is 0. The summed E-state index contributed by atoms with van der Waals surface area (Å²) in [5, 5.41) is 11.2. The minimum Gasteiger partial charge on any atom is -0.391 e. The van der Waals surface area contributed by atoms with Crippen LogP contribution in [-0.4, -0.2) is 16.2 Å². The lowest BCUT2D eigenvalue weighted by molar-refractivity contribution is 0.128. The Kier molecular flexibility index (Phi) is 4.04. The zero-order chi connectivity index (χ0) is 13.1. The van der Waals surface area contributed by atoms with Crippen LogP contribution in [0.25, 0.3) is 10.9 Å². The number of aromatic nitrogens is 1. The molecule has 0 aliphatic carbocycles. The van der Waals surface area contributed by atoms with Crippen molar-refractivity contribution < 1.29 is 5.11 Å². The van der Waals surface area contributed by atoms with E-state index in [0.717, 1.165) is 29.3 Å². The topological polar surface area (TPSA) is 62.0 Å². The van der Waals surface area contributed by atoms with Gasteiger partial charge < -0.3 is 15.8 Å². The predicted octanol–water partition coefficient (Wildman–Crippen LogP) is 2.96. The van der Waals surface area contributed by atoms with Crippen LogP contribution in [0.1, 0.15) is 38.3 Å². The third-order valence-corrected chi connectivity index (χ3v) is 3.42. The summed E-state index contributed by atoms with van der Waals surface area (Å²) in [4.78, 5) is 3.15. The fourth-order valence-electron chi connectivity index (χ4n) is 2.18. The van der Waals surface area contributed by atoms with Crippen molar-refractivity contribution in [1.29, 1.82) is 0 Å². The van der Waals surface area contributed by atoms with Crippen LogP contribution in [0.4, 0.5) is 0 Å². The van der Waals surface area contributed by atoms with Crippen molar-refractivity contribution in [2.45, 2.75) is 38.8 Å². The summed E-state index contributed by atoms with van der Waals surface area (Å²) in [6.45, 7) is 4.31. The Morgan fingerprint density at radius 3 is 2.72 bits per heavy atom. The van der Waals surface area contributed by atoms with Crippen molar-refractivity contribution in [3.05, 3.63) is 36.0 Å². The number of H-pyrrole nitrogens is 1. The lowest BCUT2D eigenvalue weighted by atomic mass is 9.95. The molecule has 98 valence electrons. The Hall–Kier alpha value is -1.32. The number of aliphatic hydroxyl groups is 1. The van der Waals surface area contributed by atoms with Gasteiger partial charge in [-0.15, -0.1) is 0 Å². The molecular formula is C15H22N2O. The van der Waals surface area contributed by atoms with Crippen LogP contribution in [0, 0.1) is 5.92 Å². The SMILES string of the molecule is CC(C)CC[C@H](O)[C@H](N)c1ccc2[nH]ccc2c1. The van der Waals surface area contributed by atoms with Crippen molar-refractivity contribution in [3.8, 4) is 0 Å². The summed E-state index contributed by atoms with van der Waals surface area (Å²) in [6.07, 6.45) is 3.20. The molecule has 4 N–H and O–H groups in total. The van der Waals surface area contributed by atoms with E-state index in [4.69, 9.17) is 5.73 Å². The molecule has 3 heteroatoms. The average molecular weight is 246 g/mol. The molecule has 0 bridgehead atoms. The summed E-state index contributed by atoms with van der Waals surface area (Å²) in [7, 11) is 0. The van der Waals surface area contributed by atoms with Gasteiger partial charge in [-0.05, 0) is 47.9 Å². The van der Waals surface area contributed by atoms with Gasteiger partial charge in [0.05, 0.1) is 12.1 Å². The van der Waals surface area contributed by atoms with Crippen LogP contribution in [0.5, 0.6) is 0 Å². The molecule has 0 saturated carbocycles. The van der Waals surface area contributed by atoms with Gasteiger partial charge in [-0.1, -0.05) is 19.9 Å². The van der Waals surface area contributed by atoms with Crippen LogP contribution in [-0.2, 0) is 0 Å². The van der Waals surface area contributed by atoms with E-state index in [1.165, 1.54) is 0 Å². The van der Waals surface area contributed by atoms with E-state index in [9.17, 15) is 5.11 Å². The second-order valence-electron chi connectivity index (χ2n) is 5.39. The monoisotopic (exact) mass is 246 g/mol. The first kappa shape index (κ1) is 13.1. The Balaban J connectivity index is 2.09. The van der Waals surface area contributed by atoms with Crippen molar-refractivity contribution in [1.82, 2.24) is 4.98 Å². The van der Waals surface area contributed by atoms with Gasteiger partial charge in [0, 0.05) is 11.7 Å². The minimum atomic E-state index is -0.469. The van der Waals surface area contributed by atoms with Gasteiger partial charge in [0.25, 0.3) is 0 Å². The number of aliphatic hydroxyl groups excluding tert-OH is 1. The first-order valence-corrected chi connectivity index (χ1v) is 6.58. The van der Waals surface area contributed by atoms with Crippen LogP contribution < -0.4 is 5.73 Å². The summed E-state index contributed by atoms with van der Waals surface area (Å²) in [6, 6.07) is 7.77. The van der Waals surface area contributed by atoms with E-state index < -0.39 is 6.10 Å². The summed E-state index contributed by atoms with van der Waals surface area (Å²) in [5.41, 5.74) is 8.22. The van der Waals surface area contributed by atoms with Crippen molar-refractivity contribution in [2.24, 2.45) is 11.7 Å². The standard InChI is InChI=1S/C15H22N2O/c1-10(2)3-6-14(18)15(16)12-4-5-13-11(9-12)7-8-17-13/h4-5,7-10,14-15,17-18H,3,6,16H2,1-2H3/t14-,15+/m0/s1. The number of rotatable bonds is 5. The zero-order valence-electron chi connectivity index (χ0n) is 11.1. The van der Waals surface area contributed by atoms with E-state index >= 15 is 0 Å². The molecule has 0 unspecified atom stereocenters. The fourth-order valence-corrected chi connectivity index (χ4v) is 2.18. The number of benzene rings is 1. The lowest BCUT2D eigenvalue weighted by Gasteiger charge is -2.20. The fraction of sp³-hybridized carbons (Fsp3) is 0.467. The first-order valence-electron chi connectivity index (χ1n) is 6.58. The molecule has 0 amide bonds. The molecule has 1 aromatic carbocycles. The molecule has 2 aromatic rings. The van der Waals surface area contributed by atoms with Gasteiger partial charge in [0.15, 0.2) is 0 Å². The summed E-state index contributed by atoms with van der Waals surface area (Å²) < 4.78 is 0. The van der Waals surface area contributed by atoms with E-state index in [-0.39, 0.29) is 6.04 Å². The van der Waals surface area contributed by atoms with Gasteiger partial charge in [-0.2, -0.15) is 0 Å². The molecular weight excluding hydrogens is 224 g/mol. The molecule has 0 saturated heterocycles. The van der Waals surface area contributed by atoms with Crippen LogP contribution in [0.3, 0.4) is 0 Å². The number of nitrogens with one attached hydrogen (secondary N) is 1. The second kappa shape index (κ2) is 5.55. The highest BCUT2D eigenvalue weighted by atomic mass is 16.3. The molecule has 18 heavy (non-hydrogen) atoms. The van der Waals surface area contributed by atoms with Crippen molar-refractivity contribution in [3.63, 3.8) is 0 Å². The first-order chi connectivity index (χ1) is 8.58. The quantitative estimate of drug-likeness (QED) is 0.759. The number of aromatic amines is 1. The molecule has 0 fully saturated rings. The van der Waals surface area contributed by atoms with Gasteiger partial charge in [-0.3, -0.25) is 0 Å². The van der Waals surface area contributed by atoms with E-state index in [1.54, 1.807) is 0 Å². The highest BCUT2D eigenvalue weighted by molar-refractivity contribution is 5.80. The smallest absolute Gasteiger partial charge is 0.0732 e. The molecule has 2 atom stereocenters. The van der Waals surface area contributed by atoms with Gasteiger partial charge in [-0.25, -0.2) is 0 Å². The molecule has 2 rings (SSSR count). The van der Waals surface area contributed by atoms with Gasteiger partial charge in [0.2, 0.25) is 0 Å². The molecule has 0 radical (unpaired) electrons. The Morgan fingerprint density at radius 1 is 1.22 bits per heavy atom. The molecule has 1 heterocycles. The van der Waals surface area contributed by atoms with E-state index in [2.05, 4.69) is 24.9 Å². The maximum absolute atomic E-state index is 10.1. The largest absolute Gasteiger partial charge is 0.391 e. The number of fused-ring (bicyclic) bond motifs is 1. The number of nitrogens with two attached hydrogens (primary N) is 1. The Labute approximate surface area is 108 Å². The number of hydrogen-bond donors (Lipinski definition) is 3. The third-order valence-electron chi connectivity index (χ3n) is 3.42. The van der Waals surface area contributed by atoms with E-state index in [1.807, 2.05) is 24.4 Å². The second-order valence-corrected chi connectivity index (χ2v) is 5.39. The van der Waals surface area contributed by atoms with E-state index in [0.29, 0.717) is 5.92 Å².